The van der Waals surface area contributed by atoms with E-state index in [0.717, 1.165) is 11.1 Å². The number of nitrogens with one attached hydrogen (secondary N) is 2. The van der Waals surface area contributed by atoms with E-state index in [1.807, 2.05) is 31.2 Å². The van der Waals surface area contributed by atoms with Crippen LogP contribution in [0.3, 0.4) is 0 Å². The van der Waals surface area contributed by atoms with Crippen LogP contribution < -0.4 is 20.1 Å². The minimum atomic E-state index is -0.300. The van der Waals surface area contributed by atoms with E-state index in [1.165, 1.54) is 0 Å². The van der Waals surface area contributed by atoms with Gasteiger partial charge in [-0.3, -0.25) is 9.59 Å². The van der Waals surface area contributed by atoms with Gasteiger partial charge < -0.3 is 20.1 Å². The van der Waals surface area contributed by atoms with E-state index in [4.69, 9.17) is 9.47 Å². The van der Waals surface area contributed by atoms with Crippen LogP contribution in [0.4, 0.5) is 5.69 Å². The summed E-state index contributed by atoms with van der Waals surface area (Å²) in [6, 6.07) is 12.9. The van der Waals surface area contributed by atoms with Gasteiger partial charge in [0.2, 0.25) is 18.6 Å². The van der Waals surface area contributed by atoms with Crippen LogP contribution in [0, 0.1) is 6.92 Å². The maximum atomic E-state index is 11.9. The van der Waals surface area contributed by atoms with E-state index >= 15 is 0 Å². The van der Waals surface area contributed by atoms with Crippen molar-refractivity contribution >= 4 is 17.5 Å². The largest absolute Gasteiger partial charge is 0.454 e. The molecule has 1 aliphatic heterocycles. The number of hydrogen-bond donors (Lipinski definition) is 2. The molecule has 0 unspecified atom stereocenters. The van der Waals surface area contributed by atoms with Gasteiger partial charge in [0, 0.05) is 11.8 Å². The summed E-state index contributed by atoms with van der Waals surface area (Å²) in [6.07, 6.45) is 0.248. The fourth-order valence-electron chi connectivity index (χ4n) is 2.31. The van der Waals surface area contributed by atoms with E-state index in [2.05, 4.69) is 10.6 Å². The Bertz CT molecular complexity index is 756. The quantitative estimate of drug-likeness (QED) is 0.881. The van der Waals surface area contributed by atoms with Crippen molar-refractivity contribution in [3.8, 4) is 11.5 Å². The molecule has 0 atom stereocenters. The number of hydrogen-bond acceptors (Lipinski definition) is 4. The zero-order valence-corrected chi connectivity index (χ0v) is 13.3. The molecule has 0 fully saturated rings. The van der Waals surface area contributed by atoms with Crippen molar-refractivity contribution in [1.82, 2.24) is 5.32 Å². The van der Waals surface area contributed by atoms with Crippen molar-refractivity contribution in [2.75, 3.05) is 18.7 Å². The number of carbonyl (C=O) groups excluding carboxylic acids is 2. The Morgan fingerprint density at radius 1 is 1.00 bits per heavy atom. The molecule has 1 heterocycles. The molecule has 6 heteroatoms. The predicted molar refractivity (Wildman–Crippen MR) is 89.1 cm³/mol. The fraction of sp³-hybridized carbons (Fsp3) is 0.222. The molecule has 0 spiro atoms. The van der Waals surface area contributed by atoms with Gasteiger partial charge in [-0.2, -0.15) is 0 Å². The van der Waals surface area contributed by atoms with E-state index in [0.29, 0.717) is 17.2 Å². The third-order valence-electron chi connectivity index (χ3n) is 3.59. The van der Waals surface area contributed by atoms with E-state index < -0.39 is 0 Å². The molecule has 1 aliphatic rings. The lowest BCUT2D eigenvalue weighted by Crippen LogP contribution is -2.33. The van der Waals surface area contributed by atoms with E-state index in [1.54, 1.807) is 18.2 Å². The highest BCUT2D eigenvalue weighted by molar-refractivity contribution is 5.95. The van der Waals surface area contributed by atoms with E-state index in [-0.39, 0.29) is 31.6 Å². The number of amides is 2. The first kappa shape index (κ1) is 15.9. The van der Waals surface area contributed by atoms with Gasteiger partial charge in [0.15, 0.2) is 11.5 Å². The third-order valence-corrected chi connectivity index (χ3v) is 3.59. The first-order valence-electron chi connectivity index (χ1n) is 7.62. The molecule has 2 aromatic carbocycles. The van der Waals surface area contributed by atoms with Crippen LogP contribution in [0.25, 0.3) is 0 Å². The monoisotopic (exact) mass is 326 g/mol. The molecule has 0 aliphatic carbocycles. The van der Waals surface area contributed by atoms with Crippen molar-refractivity contribution in [3.63, 3.8) is 0 Å². The van der Waals surface area contributed by atoms with Gasteiger partial charge in [0.25, 0.3) is 0 Å². The summed E-state index contributed by atoms with van der Waals surface area (Å²) in [5.74, 6) is 0.751. The number of ether oxygens (including phenoxy) is 2. The Balaban J connectivity index is 1.46. The van der Waals surface area contributed by atoms with Crippen LogP contribution in [0.2, 0.25) is 0 Å². The molecule has 0 saturated carbocycles. The second-order valence-corrected chi connectivity index (χ2v) is 5.56. The summed E-state index contributed by atoms with van der Waals surface area (Å²) in [4.78, 5) is 23.8. The number of anilines is 1. The Kier molecular flexibility index (Phi) is 4.65. The molecule has 3 rings (SSSR count). The molecule has 2 aromatic rings. The van der Waals surface area contributed by atoms with Crippen LogP contribution in [0.1, 0.15) is 11.1 Å². The topological polar surface area (TPSA) is 76.7 Å². The maximum Gasteiger partial charge on any atom is 0.243 e. The van der Waals surface area contributed by atoms with Crippen LogP contribution in [0.15, 0.2) is 42.5 Å². The molecular formula is C18H18N2O4. The molecule has 6 nitrogen and oxygen atoms in total. The van der Waals surface area contributed by atoms with Crippen molar-refractivity contribution in [2.45, 2.75) is 13.3 Å². The zero-order valence-electron chi connectivity index (χ0n) is 13.3. The van der Waals surface area contributed by atoms with Gasteiger partial charge in [-0.15, -0.1) is 0 Å². The summed E-state index contributed by atoms with van der Waals surface area (Å²) in [7, 11) is 0. The van der Waals surface area contributed by atoms with Crippen LogP contribution in [-0.4, -0.2) is 25.2 Å². The second kappa shape index (κ2) is 7.04. The maximum absolute atomic E-state index is 11.9. The summed E-state index contributed by atoms with van der Waals surface area (Å²) in [5.41, 5.74) is 2.65. The molecule has 0 bridgehead atoms. The Morgan fingerprint density at radius 2 is 1.75 bits per heavy atom. The minimum Gasteiger partial charge on any atom is -0.454 e. The number of benzene rings is 2. The van der Waals surface area contributed by atoms with Gasteiger partial charge in [-0.25, -0.2) is 0 Å². The molecule has 0 radical (unpaired) electrons. The Hall–Kier alpha value is -3.02. The predicted octanol–water partition coefficient (Wildman–Crippen LogP) is 2.02. The average Bonchev–Trinajstić information content (AvgIpc) is 3.03. The number of fused-ring (bicyclic) bond motifs is 1. The van der Waals surface area contributed by atoms with Gasteiger partial charge in [-0.1, -0.05) is 29.8 Å². The number of rotatable bonds is 5. The average molecular weight is 326 g/mol. The highest BCUT2D eigenvalue weighted by atomic mass is 16.7. The first-order chi connectivity index (χ1) is 11.6. The van der Waals surface area contributed by atoms with Crippen molar-refractivity contribution in [1.29, 1.82) is 0 Å². The van der Waals surface area contributed by atoms with Gasteiger partial charge in [0.05, 0.1) is 13.0 Å². The number of aryl methyl sites for hydroxylation is 1. The lowest BCUT2D eigenvalue weighted by Gasteiger charge is -2.08. The molecule has 124 valence electrons. The van der Waals surface area contributed by atoms with Crippen molar-refractivity contribution in [3.05, 3.63) is 53.6 Å². The molecule has 0 aromatic heterocycles. The molecular weight excluding hydrogens is 308 g/mol. The molecule has 2 amide bonds. The van der Waals surface area contributed by atoms with Crippen LogP contribution in [0.5, 0.6) is 11.5 Å². The highest BCUT2D eigenvalue weighted by Crippen LogP contribution is 2.34. The van der Waals surface area contributed by atoms with Crippen LogP contribution in [-0.2, 0) is 16.0 Å². The van der Waals surface area contributed by atoms with Gasteiger partial charge in [-0.05, 0) is 24.6 Å². The summed E-state index contributed by atoms with van der Waals surface area (Å²) >= 11 is 0. The minimum absolute atomic E-state index is 0.0842. The smallest absolute Gasteiger partial charge is 0.243 e. The number of carbonyl (C=O) groups is 2. The summed E-state index contributed by atoms with van der Waals surface area (Å²) in [5, 5.41) is 5.32. The van der Waals surface area contributed by atoms with Gasteiger partial charge in [0.1, 0.15) is 0 Å². The van der Waals surface area contributed by atoms with Crippen molar-refractivity contribution < 1.29 is 19.1 Å². The normalized spacial score (nSPS) is 11.9. The summed E-state index contributed by atoms with van der Waals surface area (Å²) in [6.45, 7) is 2.09. The fourth-order valence-corrected chi connectivity index (χ4v) is 2.31. The second-order valence-electron chi connectivity index (χ2n) is 5.56. The Morgan fingerprint density at radius 3 is 2.54 bits per heavy atom. The molecule has 2 N–H and O–H groups in total. The highest BCUT2D eigenvalue weighted by Gasteiger charge is 2.14. The van der Waals surface area contributed by atoms with Crippen molar-refractivity contribution in [2.24, 2.45) is 0 Å². The van der Waals surface area contributed by atoms with E-state index in [9.17, 15) is 9.59 Å². The standard InChI is InChI=1S/C18H18N2O4/c1-12-2-4-13(5-3-12)8-17(21)19-10-18(22)20-14-6-7-15-16(9-14)24-11-23-15/h2-7,9H,8,10-11H2,1H3,(H,19,21)(H,20,22). The van der Waals surface area contributed by atoms with Crippen LogP contribution >= 0.6 is 0 Å². The molecule has 24 heavy (non-hydrogen) atoms. The Labute approximate surface area is 139 Å². The summed E-state index contributed by atoms with van der Waals surface area (Å²) < 4.78 is 10.5. The molecule has 0 saturated heterocycles. The lowest BCUT2D eigenvalue weighted by atomic mass is 10.1. The zero-order chi connectivity index (χ0) is 16.9. The lowest BCUT2D eigenvalue weighted by molar-refractivity contribution is -0.123. The van der Waals surface area contributed by atoms with Gasteiger partial charge >= 0.3 is 0 Å². The first-order valence-corrected chi connectivity index (χ1v) is 7.62. The SMILES string of the molecule is Cc1ccc(CC(=O)NCC(=O)Nc2ccc3c(c2)OCO3)cc1. The third kappa shape index (κ3) is 4.04.